The molecular weight excluding hydrogens is 428 g/mol. The minimum absolute atomic E-state index is 0.209. The SMILES string of the molecule is COc1ccc2c(c1)CCc1ccc(cc1)Oc1cc(cc(O)c1O)CCc1cc(O)ccc1-2. The Morgan fingerprint density at radius 2 is 1.35 bits per heavy atom. The molecule has 2 aliphatic rings. The van der Waals surface area contributed by atoms with E-state index in [-0.39, 0.29) is 23.0 Å². The van der Waals surface area contributed by atoms with Crippen LogP contribution >= 0.6 is 0 Å². The molecule has 2 aliphatic heterocycles. The minimum atomic E-state index is -0.283. The summed E-state index contributed by atoms with van der Waals surface area (Å²) in [5, 5.41) is 30.8. The predicted molar refractivity (Wildman–Crippen MR) is 131 cm³/mol. The maximum Gasteiger partial charge on any atom is 0.201 e. The van der Waals surface area contributed by atoms with Gasteiger partial charge in [0.25, 0.3) is 0 Å². The van der Waals surface area contributed by atoms with Crippen molar-refractivity contribution in [1.29, 1.82) is 0 Å². The maximum atomic E-state index is 10.3. The van der Waals surface area contributed by atoms with E-state index in [1.54, 1.807) is 31.4 Å². The first-order chi connectivity index (χ1) is 16.5. The number of benzene rings is 4. The second-order valence-electron chi connectivity index (χ2n) is 8.57. The second kappa shape index (κ2) is 9.02. The number of hydrogen-bond acceptors (Lipinski definition) is 5. The molecule has 0 aliphatic carbocycles. The largest absolute Gasteiger partial charge is 0.508 e. The zero-order chi connectivity index (χ0) is 23.7. The number of aromatic hydroxyl groups is 3. The number of phenolic OH excluding ortho intramolecular Hbond substituents is 3. The number of hydrogen-bond donors (Lipinski definition) is 3. The van der Waals surface area contributed by atoms with Crippen molar-refractivity contribution >= 4 is 0 Å². The molecule has 5 nitrogen and oxygen atoms in total. The molecule has 6 rings (SSSR count). The molecule has 0 unspecified atom stereocenters. The van der Waals surface area contributed by atoms with E-state index in [2.05, 4.69) is 12.1 Å². The lowest BCUT2D eigenvalue weighted by atomic mass is 9.90. The Bertz CT molecular complexity index is 1340. The summed E-state index contributed by atoms with van der Waals surface area (Å²) in [6, 6.07) is 22.6. The van der Waals surface area contributed by atoms with Gasteiger partial charge in [0.2, 0.25) is 5.75 Å². The molecule has 34 heavy (non-hydrogen) atoms. The molecule has 0 fully saturated rings. The van der Waals surface area contributed by atoms with Crippen LogP contribution < -0.4 is 9.47 Å². The summed E-state index contributed by atoms with van der Waals surface area (Å²) in [4.78, 5) is 0. The van der Waals surface area contributed by atoms with Crippen LogP contribution in [0.5, 0.6) is 34.5 Å². The Hall–Kier alpha value is -4.12. The summed E-state index contributed by atoms with van der Waals surface area (Å²) in [7, 11) is 1.67. The molecule has 5 heteroatoms. The third kappa shape index (κ3) is 4.37. The molecule has 0 spiro atoms. The highest BCUT2D eigenvalue weighted by Crippen LogP contribution is 2.40. The molecule has 0 saturated heterocycles. The van der Waals surface area contributed by atoms with Crippen LogP contribution in [0.1, 0.15) is 22.3 Å². The zero-order valence-corrected chi connectivity index (χ0v) is 18.9. The first kappa shape index (κ1) is 21.7. The number of ether oxygens (including phenoxy) is 2. The second-order valence-corrected chi connectivity index (χ2v) is 8.57. The van der Waals surface area contributed by atoms with Crippen LogP contribution in [0.15, 0.2) is 72.8 Å². The van der Waals surface area contributed by atoms with Crippen LogP contribution in [-0.4, -0.2) is 22.4 Å². The van der Waals surface area contributed by atoms with Gasteiger partial charge < -0.3 is 24.8 Å². The molecule has 2 heterocycles. The van der Waals surface area contributed by atoms with Crippen LogP contribution in [0.25, 0.3) is 11.1 Å². The summed E-state index contributed by atoms with van der Waals surface area (Å²) < 4.78 is 11.4. The van der Waals surface area contributed by atoms with Crippen molar-refractivity contribution < 1.29 is 24.8 Å². The molecule has 0 radical (unpaired) electrons. The molecule has 4 bridgehead atoms. The van der Waals surface area contributed by atoms with E-state index in [1.165, 1.54) is 5.56 Å². The van der Waals surface area contributed by atoms with E-state index < -0.39 is 0 Å². The zero-order valence-electron chi connectivity index (χ0n) is 18.9. The highest BCUT2D eigenvalue weighted by Gasteiger charge is 2.16. The number of phenols is 3. The molecule has 4 aromatic rings. The van der Waals surface area contributed by atoms with E-state index in [9.17, 15) is 15.3 Å². The van der Waals surface area contributed by atoms with Gasteiger partial charge in [-0.15, -0.1) is 0 Å². The van der Waals surface area contributed by atoms with Crippen LogP contribution in [0, 0.1) is 0 Å². The molecule has 0 aromatic heterocycles. The van der Waals surface area contributed by atoms with Gasteiger partial charge in [-0.1, -0.05) is 24.3 Å². The Kier molecular flexibility index (Phi) is 5.76. The highest BCUT2D eigenvalue weighted by molar-refractivity contribution is 5.73. The van der Waals surface area contributed by atoms with E-state index in [0.717, 1.165) is 46.4 Å². The van der Waals surface area contributed by atoms with E-state index >= 15 is 0 Å². The third-order valence-corrected chi connectivity index (χ3v) is 6.32. The number of fused-ring (bicyclic) bond motifs is 4. The highest BCUT2D eigenvalue weighted by atomic mass is 16.5. The third-order valence-electron chi connectivity index (χ3n) is 6.32. The Labute approximate surface area is 198 Å². The van der Waals surface area contributed by atoms with Gasteiger partial charge in [-0.05, 0) is 108 Å². The summed E-state index contributed by atoms with van der Waals surface area (Å²) in [6.07, 6.45) is 2.87. The van der Waals surface area contributed by atoms with Crippen LogP contribution in [0.3, 0.4) is 0 Å². The fraction of sp³-hybridized carbons (Fsp3) is 0.172. The van der Waals surface area contributed by atoms with E-state index in [4.69, 9.17) is 9.47 Å². The van der Waals surface area contributed by atoms with Crippen molar-refractivity contribution in [2.75, 3.05) is 7.11 Å². The quantitative estimate of drug-likeness (QED) is 0.301. The van der Waals surface area contributed by atoms with E-state index in [1.807, 2.05) is 36.4 Å². The van der Waals surface area contributed by atoms with Gasteiger partial charge >= 0.3 is 0 Å². The lowest BCUT2D eigenvalue weighted by molar-refractivity contribution is 0.372. The first-order valence-corrected chi connectivity index (χ1v) is 11.3. The number of rotatable bonds is 1. The predicted octanol–water partition coefficient (Wildman–Crippen LogP) is 6.16. The van der Waals surface area contributed by atoms with Crippen molar-refractivity contribution in [3.63, 3.8) is 0 Å². The number of methoxy groups -OCH3 is 1. The van der Waals surface area contributed by atoms with Crippen molar-refractivity contribution in [1.82, 2.24) is 0 Å². The standard InChI is InChI=1S/C29H26O5/c1-33-24-11-13-26-21(17-24)6-2-18-4-9-23(10-5-18)34-28-15-19(14-27(31)29(28)32)3-7-20-16-22(30)8-12-25(20)26/h4-5,8-17,30-32H,2-3,6-7H2,1H3. The fourth-order valence-corrected chi connectivity index (χ4v) is 4.50. The smallest absolute Gasteiger partial charge is 0.201 e. The molecule has 0 atom stereocenters. The topological polar surface area (TPSA) is 79.2 Å². The molecular formula is C29H26O5. The Morgan fingerprint density at radius 1 is 0.676 bits per heavy atom. The van der Waals surface area contributed by atoms with Gasteiger partial charge in [0.15, 0.2) is 11.5 Å². The minimum Gasteiger partial charge on any atom is -0.508 e. The van der Waals surface area contributed by atoms with Gasteiger partial charge in [0, 0.05) is 0 Å². The van der Waals surface area contributed by atoms with Crippen LogP contribution in [-0.2, 0) is 25.7 Å². The summed E-state index contributed by atoms with van der Waals surface area (Å²) in [6.45, 7) is 0. The molecule has 172 valence electrons. The summed E-state index contributed by atoms with van der Waals surface area (Å²) >= 11 is 0. The van der Waals surface area contributed by atoms with Crippen LogP contribution in [0.4, 0.5) is 0 Å². The molecule has 3 N–H and O–H groups in total. The molecule has 4 aromatic carbocycles. The monoisotopic (exact) mass is 454 g/mol. The van der Waals surface area contributed by atoms with Crippen molar-refractivity contribution in [2.24, 2.45) is 0 Å². The first-order valence-electron chi connectivity index (χ1n) is 11.3. The maximum absolute atomic E-state index is 10.3. The fourth-order valence-electron chi connectivity index (χ4n) is 4.50. The van der Waals surface area contributed by atoms with Crippen molar-refractivity contribution in [3.8, 4) is 45.6 Å². The molecule has 0 amide bonds. The normalized spacial score (nSPS) is 13.0. The van der Waals surface area contributed by atoms with Gasteiger partial charge in [-0.25, -0.2) is 0 Å². The van der Waals surface area contributed by atoms with Crippen molar-refractivity contribution in [2.45, 2.75) is 25.7 Å². The summed E-state index contributed by atoms with van der Waals surface area (Å²) in [5.74, 6) is 1.31. The van der Waals surface area contributed by atoms with E-state index in [0.29, 0.717) is 18.6 Å². The van der Waals surface area contributed by atoms with Gasteiger partial charge in [0.05, 0.1) is 7.11 Å². The van der Waals surface area contributed by atoms with Gasteiger partial charge in [0.1, 0.15) is 17.2 Å². The number of aryl methyl sites for hydroxylation is 4. The Morgan fingerprint density at radius 3 is 2.09 bits per heavy atom. The average Bonchev–Trinajstić information content (AvgIpc) is 2.84. The lowest BCUT2D eigenvalue weighted by Crippen LogP contribution is -2.00. The van der Waals surface area contributed by atoms with Gasteiger partial charge in [-0.2, -0.15) is 0 Å². The molecule has 0 saturated carbocycles. The van der Waals surface area contributed by atoms with Crippen molar-refractivity contribution in [3.05, 3.63) is 95.1 Å². The lowest BCUT2D eigenvalue weighted by Gasteiger charge is -2.17. The average molecular weight is 455 g/mol. The van der Waals surface area contributed by atoms with Crippen LogP contribution in [0.2, 0.25) is 0 Å². The summed E-state index contributed by atoms with van der Waals surface area (Å²) in [5.41, 5.74) is 6.30. The Balaban J connectivity index is 1.65. The van der Waals surface area contributed by atoms with Gasteiger partial charge in [-0.3, -0.25) is 0 Å².